The summed E-state index contributed by atoms with van der Waals surface area (Å²) in [6, 6.07) is 4.00. The molecule has 0 atom stereocenters. The summed E-state index contributed by atoms with van der Waals surface area (Å²) in [5, 5.41) is 11.5. The van der Waals surface area contributed by atoms with E-state index in [4.69, 9.17) is 0 Å². The van der Waals surface area contributed by atoms with Gasteiger partial charge in [0.05, 0.1) is 5.69 Å². The second-order valence-electron chi connectivity index (χ2n) is 4.66. The zero-order chi connectivity index (χ0) is 10.7. The van der Waals surface area contributed by atoms with Gasteiger partial charge in [-0.2, -0.15) is 5.10 Å². The zero-order valence-corrected chi connectivity index (χ0v) is 9.58. The molecule has 1 saturated carbocycles. The molecule has 1 heterocycles. The molecule has 1 fully saturated rings. The summed E-state index contributed by atoms with van der Waals surface area (Å²) in [4.78, 5) is 0. The van der Waals surface area contributed by atoms with Crippen molar-refractivity contribution in [3.05, 3.63) is 17.8 Å². The quantitative estimate of drug-likeness (QED) is 0.803. The van der Waals surface area contributed by atoms with E-state index in [1.165, 1.54) is 25.7 Å². The Bertz CT molecular complexity index is 314. The summed E-state index contributed by atoms with van der Waals surface area (Å²) in [7, 11) is 0. The molecule has 1 N–H and O–H groups in total. The summed E-state index contributed by atoms with van der Waals surface area (Å²) in [6.45, 7) is 5.26. The van der Waals surface area contributed by atoms with Crippen molar-refractivity contribution in [2.75, 3.05) is 11.9 Å². The van der Waals surface area contributed by atoms with E-state index >= 15 is 0 Å². The van der Waals surface area contributed by atoms with Crippen molar-refractivity contribution in [3.8, 4) is 0 Å². The monoisotopic (exact) mass is 205 g/mol. The van der Waals surface area contributed by atoms with Crippen molar-refractivity contribution in [1.82, 2.24) is 10.2 Å². The average Bonchev–Trinajstić information content (AvgIpc) is 2.99. The predicted molar refractivity (Wildman–Crippen MR) is 61.8 cm³/mol. The molecule has 1 aliphatic carbocycles. The molecular weight excluding hydrogens is 186 g/mol. The van der Waals surface area contributed by atoms with Gasteiger partial charge < -0.3 is 5.32 Å². The van der Waals surface area contributed by atoms with Crippen molar-refractivity contribution >= 4 is 5.82 Å². The summed E-state index contributed by atoms with van der Waals surface area (Å²) in [5.41, 5.74) is 1.54. The molecule has 0 spiro atoms. The highest BCUT2D eigenvalue weighted by Crippen LogP contribution is 2.49. The Morgan fingerprint density at radius 2 is 2.13 bits per heavy atom. The summed E-state index contributed by atoms with van der Waals surface area (Å²) >= 11 is 0. The van der Waals surface area contributed by atoms with Crippen LogP contribution in [0.4, 0.5) is 5.82 Å². The largest absolute Gasteiger partial charge is 0.368 e. The number of aryl methyl sites for hydroxylation is 1. The van der Waals surface area contributed by atoms with E-state index in [-0.39, 0.29) is 0 Å². The first-order valence-electron chi connectivity index (χ1n) is 5.78. The van der Waals surface area contributed by atoms with Gasteiger partial charge in [-0.1, -0.05) is 13.3 Å². The molecule has 3 nitrogen and oxygen atoms in total. The second kappa shape index (κ2) is 4.17. The van der Waals surface area contributed by atoms with E-state index in [0.29, 0.717) is 5.41 Å². The number of rotatable bonds is 5. The Hall–Kier alpha value is -1.12. The van der Waals surface area contributed by atoms with E-state index in [1.54, 1.807) is 0 Å². The van der Waals surface area contributed by atoms with E-state index < -0.39 is 0 Å². The third-order valence-corrected chi connectivity index (χ3v) is 3.18. The molecule has 0 radical (unpaired) electrons. The number of hydrogen-bond acceptors (Lipinski definition) is 3. The van der Waals surface area contributed by atoms with Crippen LogP contribution in [-0.4, -0.2) is 16.7 Å². The average molecular weight is 205 g/mol. The topological polar surface area (TPSA) is 37.8 Å². The van der Waals surface area contributed by atoms with E-state index in [9.17, 15) is 0 Å². The lowest BCUT2D eigenvalue weighted by Gasteiger charge is -2.14. The van der Waals surface area contributed by atoms with Crippen LogP contribution >= 0.6 is 0 Å². The minimum absolute atomic E-state index is 0.571. The Labute approximate surface area is 91.3 Å². The Morgan fingerprint density at radius 3 is 2.67 bits per heavy atom. The van der Waals surface area contributed by atoms with Crippen molar-refractivity contribution in [1.29, 1.82) is 0 Å². The third-order valence-electron chi connectivity index (χ3n) is 3.18. The van der Waals surface area contributed by atoms with Gasteiger partial charge in [0, 0.05) is 6.54 Å². The molecule has 82 valence electrons. The molecule has 0 aromatic carbocycles. The third kappa shape index (κ3) is 2.67. The lowest BCUT2D eigenvalue weighted by Crippen LogP contribution is -2.16. The Balaban J connectivity index is 1.85. The first kappa shape index (κ1) is 10.4. The Morgan fingerprint density at radius 1 is 1.33 bits per heavy atom. The number of anilines is 1. The van der Waals surface area contributed by atoms with Gasteiger partial charge in [-0.05, 0) is 43.7 Å². The number of nitrogens with zero attached hydrogens (tertiary/aromatic N) is 2. The smallest absolute Gasteiger partial charge is 0.148 e. The SMILES string of the molecule is CCCC1(CNc2ccc(C)nn2)CC1. The van der Waals surface area contributed by atoms with Gasteiger partial charge in [-0.3, -0.25) is 0 Å². The molecule has 0 saturated heterocycles. The van der Waals surface area contributed by atoms with Crippen LogP contribution in [-0.2, 0) is 0 Å². The highest BCUT2D eigenvalue weighted by molar-refractivity contribution is 5.33. The number of nitrogens with one attached hydrogen (secondary N) is 1. The molecular formula is C12H19N3. The lowest BCUT2D eigenvalue weighted by atomic mass is 10.0. The molecule has 3 heteroatoms. The van der Waals surface area contributed by atoms with Crippen LogP contribution in [0, 0.1) is 12.3 Å². The van der Waals surface area contributed by atoms with Crippen molar-refractivity contribution < 1.29 is 0 Å². The molecule has 0 bridgehead atoms. The maximum Gasteiger partial charge on any atom is 0.148 e. The molecule has 1 aromatic rings. The van der Waals surface area contributed by atoms with Gasteiger partial charge >= 0.3 is 0 Å². The van der Waals surface area contributed by atoms with Gasteiger partial charge in [0.1, 0.15) is 5.82 Å². The normalized spacial score (nSPS) is 17.5. The van der Waals surface area contributed by atoms with Crippen LogP contribution in [0.25, 0.3) is 0 Å². The molecule has 0 aliphatic heterocycles. The Kier molecular flexibility index (Phi) is 2.89. The van der Waals surface area contributed by atoms with Crippen LogP contribution in [0.3, 0.4) is 0 Å². The fourth-order valence-corrected chi connectivity index (χ4v) is 1.99. The van der Waals surface area contributed by atoms with Gasteiger partial charge in [0.25, 0.3) is 0 Å². The van der Waals surface area contributed by atoms with Crippen LogP contribution < -0.4 is 5.32 Å². The van der Waals surface area contributed by atoms with E-state index in [2.05, 4.69) is 22.4 Å². The summed E-state index contributed by atoms with van der Waals surface area (Å²) < 4.78 is 0. The standard InChI is InChI=1S/C12H19N3/c1-3-6-12(7-8-12)9-13-11-5-4-10(2)14-15-11/h4-5H,3,6-9H2,1-2H3,(H,13,15). The minimum Gasteiger partial charge on any atom is -0.368 e. The molecule has 0 unspecified atom stereocenters. The second-order valence-corrected chi connectivity index (χ2v) is 4.66. The minimum atomic E-state index is 0.571. The van der Waals surface area contributed by atoms with Crippen molar-refractivity contribution in [2.45, 2.75) is 39.5 Å². The fourth-order valence-electron chi connectivity index (χ4n) is 1.99. The van der Waals surface area contributed by atoms with Gasteiger partial charge in [-0.25, -0.2) is 0 Å². The van der Waals surface area contributed by atoms with Gasteiger partial charge in [0.2, 0.25) is 0 Å². The number of hydrogen-bond donors (Lipinski definition) is 1. The van der Waals surface area contributed by atoms with E-state index in [1.807, 2.05) is 19.1 Å². The van der Waals surface area contributed by atoms with Crippen LogP contribution in [0.5, 0.6) is 0 Å². The molecule has 1 aliphatic rings. The maximum atomic E-state index is 4.11. The van der Waals surface area contributed by atoms with Crippen LogP contribution in [0.15, 0.2) is 12.1 Å². The zero-order valence-electron chi connectivity index (χ0n) is 9.58. The highest BCUT2D eigenvalue weighted by Gasteiger charge is 2.41. The van der Waals surface area contributed by atoms with Crippen molar-refractivity contribution in [3.63, 3.8) is 0 Å². The molecule has 2 rings (SSSR count). The first-order chi connectivity index (χ1) is 7.24. The molecule has 0 amide bonds. The van der Waals surface area contributed by atoms with Gasteiger partial charge in [-0.15, -0.1) is 5.10 Å². The van der Waals surface area contributed by atoms with Gasteiger partial charge in [0.15, 0.2) is 0 Å². The molecule has 15 heavy (non-hydrogen) atoms. The summed E-state index contributed by atoms with van der Waals surface area (Å²) in [6.07, 6.45) is 5.35. The highest BCUT2D eigenvalue weighted by atomic mass is 15.2. The maximum absolute atomic E-state index is 4.11. The van der Waals surface area contributed by atoms with E-state index in [0.717, 1.165) is 18.1 Å². The first-order valence-corrected chi connectivity index (χ1v) is 5.78. The van der Waals surface area contributed by atoms with Crippen LogP contribution in [0.2, 0.25) is 0 Å². The predicted octanol–water partition coefficient (Wildman–Crippen LogP) is 2.78. The summed E-state index contributed by atoms with van der Waals surface area (Å²) in [5.74, 6) is 0.906. The fraction of sp³-hybridized carbons (Fsp3) is 0.667. The van der Waals surface area contributed by atoms with Crippen LogP contribution in [0.1, 0.15) is 38.3 Å². The lowest BCUT2D eigenvalue weighted by molar-refractivity contribution is 0.485. The molecule has 1 aromatic heterocycles. The number of aromatic nitrogens is 2. The van der Waals surface area contributed by atoms with Crippen molar-refractivity contribution in [2.24, 2.45) is 5.41 Å².